The van der Waals surface area contributed by atoms with Crippen molar-refractivity contribution in [1.29, 1.82) is 0 Å². The standard InChI is InChI=1S/C38H34O2/c1-17-8-12-23-14-10-19(3)30-28(23)26(17)32-21(5)34(39)25-16-36(7)35(40)22(6)33-27-18(2)9-13-24-15-11-20(4)31(29(24)27)38(33,36)37(25,30)32/h8-15,19,25,30H,16H2,1-7H3/t19-,25+,30?,36-,37?,38?/m0/s1. The minimum Gasteiger partial charge on any atom is -0.294 e. The molecule has 1 fully saturated rings. The summed E-state index contributed by atoms with van der Waals surface area (Å²) in [6, 6.07) is 13.5. The quantitative estimate of drug-likeness (QED) is 0.298. The lowest BCUT2D eigenvalue weighted by molar-refractivity contribution is -0.125. The Morgan fingerprint density at radius 3 is 2.23 bits per heavy atom. The molecule has 9 rings (SSSR count). The molecule has 2 heteroatoms. The van der Waals surface area contributed by atoms with E-state index < -0.39 is 16.2 Å². The Hall–Kier alpha value is -3.52. The second-order valence-electron chi connectivity index (χ2n) is 14.0. The monoisotopic (exact) mass is 522 g/mol. The minimum absolute atomic E-state index is 0.142. The van der Waals surface area contributed by atoms with Crippen LogP contribution in [-0.4, -0.2) is 11.6 Å². The van der Waals surface area contributed by atoms with Crippen LogP contribution in [0.2, 0.25) is 0 Å². The van der Waals surface area contributed by atoms with Crippen LogP contribution in [0.5, 0.6) is 0 Å². The molecule has 0 aliphatic heterocycles. The van der Waals surface area contributed by atoms with Crippen molar-refractivity contribution >= 4 is 39.6 Å². The fourth-order valence-corrected chi connectivity index (χ4v) is 11.6. The first-order valence-corrected chi connectivity index (χ1v) is 14.9. The summed E-state index contributed by atoms with van der Waals surface area (Å²) in [4.78, 5) is 29.4. The first-order chi connectivity index (χ1) is 19.0. The number of carbonyl (C=O) groups excluding carboxylic acids is 2. The van der Waals surface area contributed by atoms with Gasteiger partial charge in [0.25, 0.3) is 0 Å². The topological polar surface area (TPSA) is 34.1 Å². The van der Waals surface area contributed by atoms with Gasteiger partial charge in [-0.15, -0.1) is 0 Å². The van der Waals surface area contributed by atoms with E-state index in [0.717, 1.165) is 11.1 Å². The van der Waals surface area contributed by atoms with E-state index in [4.69, 9.17) is 0 Å². The molecule has 3 unspecified atom stereocenters. The molecule has 198 valence electrons. The molecule has 2 spiro atoms. The van der Waals surface area contributed by atoms with Gasteiger partial charge in [0.1, 0.15) is 0 Å². The molecule has 6 aliphatic carbocycles. The summed E-state index contributed by atoms with van der Waals surface area (Å²) < 4.78 is 0. The lowest BCUT2D eigenvalue weighted by atomic mass is 9.46. The van der Waals surface area contributed by atoms with Crippen LogP contribution in [0.3, 0.4) is 0 Å². The van der Waals surface area contributed by atoms with E-state index in [1.54, 1.807) is 0 Å². The maximum Gasteiger partial charge on any atom is 0.166 e. The Labute approximate surface area is 235 Å². The maximum absolute atomic E-state index is 14.8. The second kappa shape index (κ2) is 6.51. The van der Waals surface area contributed by atoms with Crippen molar-refractivity contribution in [3.05, 3.63) is 98.1 Å². The normalized spacial score (nSPS) is 35.6. The van der Waals surface area contributed by atoms with Crippen molar-refractivity contribution in [3.8, 4) is 0 Å². The van der Waals surface area contributed by atoms with Gasteiger partial charge in [0.2, 0.25) is 0 Å². The van der Waals surface area contributed by atoms with Crippen molar-refractivity contribution in [2.75, 3.05) is 0 Å². The van der Waals surface area contributed by atoms with Crippen molar-refractivity contribution in [3.63, 3.8) is 0 Å². The van der Waals surface area contributed by atoms with Crippen LogP contribution in [0, 0.1) is 43.4 Å². The molecule has 6 aliphatic rings. The predicted octanol–water partition coefficient (Wildman–Crippen LogP) is 8.20. The smallest absolute Gasteiger partial charge is 0.166 e. The lowest BCUT2D eigenvalue weighted by Crippen LogP contribution is -2.53. The van der Waals surface area contributed by atoms with Crippen LogP contribution in [0.4, 0.5) is 0 Å². The predicted molar refractivity (Wildman–Crippen MR) is 161 cm³/mol. The number of aryl methyl sites for hydroxylation is 3. The zero-order valence-electron chi connectivity index (χ0n) is 24.4. The van der Waals surface area contributed by atoms with Crippen molar-refractivity contribution in [1.82, 2.24) is 0 Å². The van der Waals surface area contributed by atoms with E-state index >= 15 is 0 Å². The van der Waals surface area contributed by atoms with Gasteiger partial charge in [-0.1, -0.05) is 62.4 Å². The SMILES string of the molecule is CC1=C2c3c(C)ccc4c3C([C@@H](C)C=C4)C23[C@H](C[C@@]2(C)C(=O)C(C)=C4c5c(C)ccc6ccc(C)c(c56)C432)C1=O. The molecule has 0 saturated heterocycles. The van der Waals surface area contributed by atoms with Gasteiger partial charge < -0.3 is 0 Å². The van der Waals surface area contributed by atoms with Crippen molar-refractivity contribution < 1.29 is 9.59 Å². The molecule has 0 heterocycles. The Bertz CT molecular complexity index is 1960. The number of ketones is 2. The average molecular weight is 523 g/mol. The van der Waals surface area contributed by atoms with Crippen LogP contribution in [0.1, 0.15) is 84.5 Å². The van der Waals surface area contributed by atoms with E-state index in [1.807, 2.05) is 0 Å². The first kappa shape index (κ1) is 23.2. The maximum atomic E-state index is 14.8. The number of hydrogen-bond donors (Lipinski definition) is 0. The number of fused-ring (bicyclic) bond motifs is 2. The molecule has 3 aromatic carbocycles. The van der Waals surface area contributed by atoms with Crippen LogP contribution in [-0.2, 0) is 15.0 Å². The minimum atomic E-state index is -0.680. The van der Waals surface area contributed by atoms with Gasteiger partial charge in [-0.2, -0.15) is 0 Å². The van der Waals surface area contributed by atoms with E-state index in [-0.39, 0.29) is 29.3 Å². The lowest BCUT2D eigenvalue weighted by Gasteiger charge is -2.53. The average Bonchev–Trinajstić information content (AvgIpc) is 3.61. The summed E-state index contributed by atoms with van der Waals surface area (Å²) in [5.74, 6) is 0.726. The molecule has 2 nitrogen and oxygen atoms in total. The number of carbonyl (C=O) groups is 2. The third kappa shape index (κ3) is 1.88. The number of benzene rings is 3. The highest BCUT2D eigenvalue weighted by Gasteiger charge is 2.85. The van der Waals surface area contributed by atoms with Gasteiger partial charge in [0, 0.05) is 28.1 Å². The van der Waals surface area contributed by atoms with Crippen molar-refractivity contribution in [2.24, 2.45) is 22.7 Å². The number of hydrogen-bond acceptors (Lipinski definition) is 2. The third-order valence-electron chi connectivity index (χ3n) is 12.5. The molecular formula is C38H34O2. The summed E-state index contributed by atoms with van der Waals surface area (Å²) in [6.07, 6.45) is 5.29. The van der Waals surface area contributed by atoms with Gasteiger partial charge in [-0.25, -0.2) is 0 Å². The molecule has 6 atom stereocenters. The largest absolute Gasteiger partial charge is 0.294 e. The third-order valence-corrected chi connectivity index (χ3v) is 12.5. The molecule has 3 aromatic rings. The highest BCUT2D eigenvalue weighted by Crippen LogP contribution is 2.88. The molecule has 0 bridgehead atoms. The van der Waals surface area contributed by atoms with Gasteiger partial charge in [0.15, 0.2) is 11.6 Å². The molecule has 0 radical (unpaired) electrons. The van der Waals surface area contributed by atoms with Crippen LogP contribution < -0.4 is 0 Å². The fourth-order valence-electron chi connectivity index (χ4n) is 11.6. The summed E-state index contributed by atoms with van der Waals surface area (Å²) in [5, 5.41) is 2.57. The van der Waals surface area contributed by atoms with Gasteiger partial charge in [-0.05, 0) is 125 Å². The Balaban J connectivity index is 1.58. The highest BCUT2D eigenvalue weighted by molar-refractivity contribution is 6.26. The van der Waals surface area contributed by atoms with E-state index in [9.17, 15) is 9.59 Å². The highest BCUT2D eigenvalue weighted by atomic mass is 16.1. The first-order valence-electron chi connectivity index (χ1n) is 14.9. The fraction of sp³-hybridized carbons (Fsp3) is 0.368. The second-order valence-corrected chi connectivity index (χ2v) is 14.0. The van der Waals surface area contributed by atoms with Gasteiger partial charge in [0.05, 0.1) is 0 Å². The van der Waals surface area contributed by atoms with E-state index in [2.05, 4.69) is 97.0 Å². The molecule has 1 saturated carbocycles. The van der Waals surface area contributed by atoms with Crippen LogP contribution in [0.25, 0.3) is 28.0 Å². The van der Waals surface area contributed by atoms with E-state index in [1.165, 1.54) is 66.4 Å². The zero-order valence-corrected chi connectivity index (χ0v) is 24.4. The summed E-state index contributed by atoms with van der Waals surface area (Å²) >= 11 is 0. The Morgan fingerprint density at radius 2 is 1.48 bits per heavy atom. The summed E-state index contributed by atoms with van der Waals surface area (Å²) in [5.41, 5.74) is 13.0. The van der Waals surface area contributed by atoms with E-state index in [0.29, 0.717) is 6.42 Å². The molecule has 0 aromatic heterocycles. The van der Waals surface area contributed by atoms with Gasteiger partial charge in [-0.3, -0.25) is 9.59 Å². The zero-order chi connectivity index (χ0) is 27.8. The molecule has 0 amide bonds. The molecule has 40 heavy (non-hydrogen) atoms. The Kier molecular flexibility index (Phi) is 3.78. The summed E-state index contributed by atoms with van der Waals surface area (Å²) in [6.45, 7) is 15.4. The number of Topliss-reactive ketones (excluding diaryl/α,β-unsaturated/α-hetero) is 2. The number of allylic oxidation sites excluding steroid dienone is 5. The van der Waals surface area contributed by atoms with Crippen LogP contribution in [0.15, 0.2) is 53.6 Å². The summed E-state index contributed by atoms with van der Waals surface area (Å²) in [7, 11) is 0. The van der Waals surface area contributed by atoms with Gasteiger partial charge >= 0.3 is 0 Å². The molecular weight excluding hydrogens is 488 g/mol. The Morgan fingerprint density at radius 1 is 0.800 bits per heavy atom. The van der Waals surface area contributed by atoms with Crippen molar-refractivity contribution in [2.45, 2.75) is 66.2 Å². The number of rotatable bonds is 0. The molecule has 0 N–H and O–H groups in total. The van der Waals surface area contributed by atoms with Crippen LogP contribution >= 0.6 is 0 Å².